The van der Waals surface area contributed by atoms with Crippen molar-refractivity contribution < 1.29 is 23.5 Å². The maximum Gasteiger partial charge on any atom is 0.247 e. The number of carbonyl (C=O) groups is 2. The Morgan fingerprint density at radius 2 is 1.77 bits per heavy atom. The molecule has 2 aromatic carbocycles. The Hall–Kier alpha value is -2.80. The number of hydrogen-bond donors (Lipinski definition) is 1. The van der Waals surface area contributed by atoms with E-state index < -0.39 is 11.9 Å². The van der Waals surface area contributed by atoms with Gasteiger partial charge in [0.15, 0.2) is 11.5 Å². The first kappa shape index (κ1) is 26.8. The van der Waals surface area contributed by atoms with Crippen LogP contribution in [-0.4, -0.2) is 42.4 Å². The number of carbonyl (C=O) groups excluding carboxylic acids is 2. The molecule has 0 bridgehead atoms. The molecular weight excluding hydrogens is 471 g/mol. The molecule has 1 fully saturated rings. The number of alkyl halides is 1. The highest BCUT2D eigenvalue weighted by Gasteiger charge is 2.33. The third kappa shape index (κ3) is 7.34. The Balaban J connectivity index is 2.00. The Bertz CT molecular complexity index is 978. The molecule has 8 heteroatoms. The minimum atomic E-state index is -0.945. The first-order chi connectivity index (χ1) is 17.0. The normalized spacial score (nSPS) is 15.1. The molecule has 0 heterocycles. The van der Waals surface area contributed by atoms with Crippen LogP contribution in [0.25, 0.3) is 0 Å². The minimum absolute atomic E-state index is 0.0517. The predicted molar refractivity (Wildman–Crippen MR) is 134 cm³/mol. The average Bonchev–Trinajstić information content (AvgIpc) is 3.13. The van der Waals surface area contributed by atoms with Crippen LogP contribution in [0, 0.1) is 5.82 Å². The molecule has 0 saturated heterocycles. The van der Waals surface area contributed by atoms with E-state index in [1.165, 1.54) is 24.1 Å². The van der Waals surface area contributed by atoms with Crippen LogP contribution in [0.15, 0.2) is 42.5 Å². The van der Waals surface area contributed by atoms with E-state index in [2.05, 4.69) is 5.32 Å². The summed E-state index contributed by atoms with van der Waals surface area (Å²) in [5, 5.41) is 3.18. The molecule has 1 aliphatic carbocycles. The largest absolute Gasteiger partial charge is 0.493 e. The second-order valence-corrected chi connectivity index (χ2v) is 8.99. The molecule has 2 amide bonds. The van der Waals surface area contributed by atoms with Gasteiger partial charge >= 0.3 is 0 Å². The Morgan fingerprint density at radius 3 is 2.37 bits per heavy atom. The van der Waals surface area contributed by atoms with E-state index in [0.29, 0.717) is 29.2 Å². The van der Waals surface area contributed by atoms with Gasteiger partial charge < -0.3 is 19.7 Å². The highest BCUT2D eigenvalue weighted by molar-refractivity contribution is 6.27. The van der Waals surface area contributed by atoms with Gasteiger partial charge in [0.05, 0.1) is 13.7 Å². The van der Waals surface area contributed by atoms with Crippen LogP contribution in [0.4, 0.5) is 4.39 Å². The van der Waals surface area contributed by atoms with Crippen molar-refractivity contribution in [3.8, 4) is 11.5 Å². The van der Waals surface area contributed by atoms with E-state index in [-0.39, 0.29) is 30.2 Å². The first-order valence-electron chi connectivity index (χ1n) is 12.2. The molecule has 1 saturated carbocycles. The van der Waals surface area contributed by atoms with Crippen molar-refractivity contribution in [2.45, 2.75) is 64.1 Å². The van der Waals surface area contributed by atoms with E-state index in [4.69, 9.17) is 21.1 Å². The lowest BCUT2D eigenvalue weighted by atomic mass is 10.0. The monoisotopic (exact) mass is 504 g/mol. The fraction of sp³-hybridized carbons (Fsp3) is 0.481. The van der Waals surface area contributed by atoms with Crippen LogP contribution < -0.4 is 14.8 Å². The zero-order chi connectivity index (χ0) is 25.2. The molecule has 6 nitrogen and oxygen atoms in total. The zero-order valence-electron chi connectivity index (χ0n) is 20.4. The number of nitrogens with zero attached hydrogens (tertiary/aromatic N) is 1. The molecule has 0 radical (unpaired) electrons. The highest BCUT2D eigenvalue weighted by atomic mass is 35.5. The number of rotatable bonds is 10. The SMILES string of the molecule is CCOc1ccc(C(C(=O)NC2CCCCCC2)N(Cc2ccc(F)cc2)C(=O)CCl)cc1OC. The summed E-state index contributed by atoms with van der Waals surface area (Å²) in [4.78, 5) is 28.3. The summed E-state index contributed by atoms with van der Waals surface area (Å²) in [5.41, 5.74) is 1.27. The number of amides is 2. The highest BCUT2D eigenvalue weighted by Crippen LogP contribution is 2.34. The summed E-state index contributed by atoms with van der Waals surface area (Å²) in [7, 11) is 1.53. The fourth-order valence-corrected chi connectivity index (χ4v) is 4.65. The molecule has 0 aromatic heterocycles. The van der Waals surface area contributed by atoms with E-state index in [9.17, 15) is 14.0 Å². The van der Waals surface area contributed by atoms with Crippen molar-refractivity contribution in [3.63, 3.8) is 0 Å². The number of benzene rings is 2. The third-order valence-electron chi connectivity index (χ3n) is 6.27. The first-order valence-corrected chi connectivity index (χ1v) is 12.7. The fourth-order valence-electron chi connectivity index (χ4n) is 4.49. The lowest BCUT2D eigenvalue weighted by Gasteiger charge is -2.32. The molecule has 0 aliphatic heterocycles. The van der Waals surface area contributed by atoms with Gasteiger partial charge in [-0.05, 0) is 55.2 Å². The van der Waals surface area contributed by atoms with Crippen molar-refractivity contribution in [2.24, 2.45) is 0 Å². The molecule has 3 rings (SSSR count). The summed E-state index contributed by atoms with van der Waals surface area (Å²) in [5.74, 6) is -0.314. The summed E-state index contributed by atoms with van der Waals surface area (Å²) < 4.78 is 24.6. The summed E-state index contributed by atoms with van der Waals surface area (Å²) in [6, 6.07) is 10.2. The van der Waals surface area contributed by atoms with Crippen molar-refractivity contribution in [3.05, 3.63) is 59.4 Å². The minimum Gasteiger partial charge on any atom is -0.493 e. The molecule has 1 unspecified atom stereocenters. The number of ether oxygens (including phenoxy) is 2. The lowest BCUT2D eigenvalue weighted by molar-refractivity contribution is -0.140. The molecule has 1 N–H and O–H groups in total. The lowest BCUT2D eigenvalue weighted by Crippen LogP contribution is -2.46. The molecule has 190 valence electrons. The standard InChI is InChI=1S/C27H34ClFN2O4/c1-3-35-23-15-12-20(16-24(23)34-2)26(27(33)30-22-8-6-4-5-7-9-22)31(25(32)17-28)18-19-10-13-21(29)14-11-19/h10-16,22,26H,3-9,17-18H2,1-2H3,(H,30,33). The number of nitrogens with one attached hydrogen (secondary N) is 1. The van der Waals surface area contributed by atoms with Crippen molar-refractivity contribution >= 4 is 23.4 Å². The predicted octanol–water partition coefficient (Wildman–Crippen LogP) is 5.38. The molecule has 1 aliphatic rings. The molecule has 35 heavy (non-hydrogen) atoms. The van der Waals surface area contributed by atoms with E-state index in [1.54, 1.807) is 30.3 Å². The molecular formula is C27H34ClFN2O4. The van der Waals surface area contributed by atoms with Crippen molar-refractivity contribution in [1.29, 1.82) is 0 Å². The van der Waals surface area contributed by atoms with Gasteiger partial charge in [-0.1, -0.05) is 43.9 Å². The van der Waals surface area contributed by atoms with Crippen LogP contribution >= 0.6 is 11.6 Å². The average molecular weight is 505 g/mol. The second-order valence-electron chi connectivity index (χ2n) is 8.72. The third-order valence-corrected chi connectivity index (χ3v) is 6.49. The number of methoxy groups -OCH3 is 1. The number of halogens is 2. The maximum atomic E-state index is 13.8. The van der Waals surface area contributed by atoms with Gasteiger partial charge in [-0.15, -0.1) is 11.6 Å². The van der Waals surface area contributed by atoms with Crippen molar-refractivity contribution in [1.82, 2.24) is 10.2 Å². The smallest absolute Gasteiger partial charge is 0.247 e. The Morgan fingerprint density at radius 1 is 1.09 bits per heavy atom. The Kier molecular flexibility index (Phi) is 10.2. The molecule has 2 aromatic rings. The van der Waals surface area contributed by atoms with Gasteiger partial charge in [0.1, 0.15) is 17.7 Å². The van der Waals surface area contributed by atoms with E-state index in [1.807, 2.05) is 6.92 Å². The van der Waals surface area contributed by atoms with E-state index >= 15 is 0 Å². The quantitative estimate of drug-likeness (QED) is 0.348. The summed E-state index contributed by atoms with van der Waals surface area (Å²) in [6.45, 7) is 2.44. The van der Waals surface area contributed by atoms with Gasteiger partial charge in [-0.25, -0.2) is 4.39 Å². The van der Waals surface area contributed by atoms with Crippen LogP contribution in [0.2, 0.25) is 0 Å². The van der Waals surface area contributed by atoms with E-state index in [0.717, 1.165) is 38.5 Å². The van der Waals surface area contributed by atoms with Gasteiger partial charge in [-0.3, -0.25) is 9.59 Å². The zero-order valence-corrected chi connectivity index (χ0v) is 21.2. The molecule has 0 spiro atoms. The van der Waals surface area contributed by atoms with Crippen molar-refractivity contribution in [2.75, 3.05) is 19.6 Å². The number of hydrogen-bond acceptors (Lipinski definition) is 4. The molecule has 1 atom stereocenters. The van der Waals surface area contributed by atoms with Gasteiger partial charge in [0.2, 0.25) is 11.8 Å². The maximum absolute atomic E-state index is 13.8. The van der Waals surface area contributed by atoms with Gasteiger partial charge in [-0.2, -0.15) is 0 Å². The van der Waals surface area contributed by atoms with Crippen LogP contribution in [0.3, 0.4) is 0 Å². The van der Waals surface area contributed by atoms with Gasteiger partial charge in [0, 0.05) is 12.6 Å². The Labute approximate surface area is 211 Å². The van der Waals surface area contributed by atoms with Crippen LogP contribution in [-0.2, 0) is 16.1 Å². The second kappa shape index (κ2) is 13.3. The van der Waals surface area contributed by atoms with Crippen LogP contribution in [0.5, 0.6) is 11.5 Å². The topological polar surface area (TPSA) is 67.9 Å². The van der Waals surface area contributed by atoms with Gasteiger partial charge in [0.25, 0.3) is 0 Å². The summed E-state index contributed by atoms with van der Waals surface area (Å²) in [6.07, 6.45) is 6.26. The summed E-state index contributed by atoms with van der Waals surface area (Å²) >= 11 is 5.99. The van der Waals surface area contributed by atoms with Crippen LogP contribution in [0.1, 0.15) is 62.6 Å².